The average molecular weight is 343 g/mol. The molecular formula is C13H14INO2. The lowest BCUT2D eigenvalue weighted by atomic mass is 9.73. The normalized spacial score (nSPS) is 25.8. The zero-order chi connectivity index (χ0) is 12.6. The Hall–Kier alpha value is -0.910. The van der Waals surface area contributed by atoms with Gasteiger partial charge in [0.05, 0.1) is 5.41 Å². The first-order valence-electron chi connectivity index (χ1n) is 5.53. The lowest BCUT2D eigenvalue weighted by Gasteiger charge is -2.28. The van der Waals surface area contributed by atoms with Crippen molar-refractivity contribution >= 4 is 34.4 Å². The Morgan fingerprint density at radius 2 is 1.88 bits per heavy atom. The smallest absolute Gasteiger partial charge is 0.233 e. The van der Waals surface area contributed by atoms with Crippen molar-refractivity contribution in [2.75, 3.05) is 0 Å². The van der Waals surface area contributed by atoms with Crippen LogP contribution in [0.15, 0.2) is 24.3 Å². The third-order valence-electron chi connectivity index (χ3n) is 3.63. The minimum absolute atomic E-state index is 0.0333. The molecule has 1 fully saturated rings. The van der Waals surface area contributed by atoms with Gasteiger partial charge in [0.1, 0.15) is 0 Å². The monoisotopic (exact) mass is 343 g/mol. The van der Waals surface area contributed by atoms with Crippen LogP contribution in [-0.4, -0.2) is 11.8 Å². The van der Waals surface area contributed by atoms with E-state index in [0.29, 0.717) is 0 Å². The molecule has 4 heteroatoms. The molecule has 2 amide bonds. The van der Waals surface area contributed by atoms with Gasteiger partial charge in [-0.2, -0.15) is 0 Å². The highest BCUT2D eigenvalue weighted by atomic mass is 127. The van der Waals surface area contributed by atoms with Gasteiger partial charge in [-0.1, -0.05) is 19.1 Å². The summed E-state index contributed by atoms with van der Waals surface area (Å²) in [5.74, 6) is -0.297. The van der Waals surface area contributed by atoms with Gasteiger partial charge in [0.2, 0.25) is 11.8 Å². The molecular weight excluding hydrogens is 329 g/mol. The SMILES string of the molecule is C[C@H](c1ccc(I)cc1)[C@@]1(C)CC(=O)NC1=O. The van der Waals surface area contributed by atoms with Gasteiger partial charge in [0.25, 0.3) is 0 Å². The Morgan fingerprint density at radius 3 is 2.35 bits per heavy atom. The number of halogens is 1. The summed E-state index contributed by atoms with van der Waals surface area (Å²) in [5.41, 5.74) is 0.474. The fraction of sp³-hybridized carbons (Fsp3) is 0.385. The predicted octanol–water partition coefficient (Wildman–Crippen LogP) is 2.45. The van der Waals surface area contributed by atoms with Crippen molar-refractivity contribution < 1.29 is 9.59 Å². The van der Waals surface area contributed by atoms with E-state index in [-0.39, 0.29) is 24.2 Å². The highest BCUT2D eigenvalue weighted by Gasteiger charge is 2.46. The maximum absolute atomic E-state index is 11.9. The van der Waals surface area contributed by atoms with Crippen LogP contribution >= 0.6 is 22.6 Å². The van der Waals surface area contributed by atoms with Crippen molar-refractivity contribution in [3.05, 3.63) is 33.4 Å². The summed E-state index contributed by atoms with van der Waals surface area (Å²) in [6.07, 6.45) is 0.277. The van der Waals surface area contributed by atoms with Crippen molar-refractivity contribution in [1.82, 2.24) is 5.32 Å². The van der Waals surface area contributed by atoms with Crippen LogP contribution in [0.25, 0.3) is 0 Å². The molecule has 1 aliphatic rings. The van der Waals surface area contributed by atoms with Crippen LogP contribution < -0.4 is 5.32 Å². The van der Waals surface area contributed by atoms with E-state index in [4.69, 9.17) is 0 Å². The van der Waals surface area contributed by atoms with Gasteiger partial charge in [0.15, 0.2) is 0 Å². The van der Waals surface area contributed by atoms with Crippen LogP contribution in [0.1, 0.15) is 31.7 Å². The van der Waals surface area contributed by atoms with Gasteiger partial charge in [-0.05, 0) is 53.1 Å². The Kier molecular flexibility index (Phi) is 3.25. The van der Waals surface area contributed by atoms with Crippen LogP contribution in [0.5, 0.6) is 0 Å². The largest absolute Gasteiger partial charge is 0.296 e. The topological polar surface area (TPSA) is 46.2 Å². The standard InChI is InChI=1S/C13H14INO2/c1-8(9-3-5-10(14)6-4-9)13(2)7-11(16)15-12(13)17/h3-6,8H,7H2,1-2H3,(H,15,16,17)/t8-,13-/m1/s1. The molecule has 0 unspecified atom stereocenters. The van der Waals surface area contributed by atoms with Gasteiger partial charge < -0.3 is 0 Å². The minimum Gasteiger partial charge on any atom is -0.296 e. The third-order valence-corrected chi connectivity index (χ3v) is 4.34. The average Bonchev–Trinajstić information content (AvgIpc) is 2.54. The molecule has 0 aromatic heterocycles. The number of imide groups is 1. The number of hydrogen-bond donors (Lipinski definition) is 1. The second kappa shape index (κ2) is 4.40. The van der Waals surface area contributed by atoms with Gasteiger partial charge in [-0.25, -0.2) is 0 Å². The number of carbonyl (C=O) groups excluding carboxylic acids is 2. The van der Waals surface area contributed by atoms with Gasteiger partial charge in [-0.3, -0.25) is 14.9 Å². The fourth-order valence-electron chi connectivity index (χ4n) is 2.20. The van der Waals surface area contributed by atoms with Crippen molar-refractivity contribution in [3.63, 3.8) is 0 Å². The third kappa shape index (κ3) is 2.22. The van der Waals surface area contributed by atoms with Gasteiger partial charge in [-0.15, -0.1) is 0 Å². The van der Waals surface area contributed by atoms with E-state index >= 15 is 0 Å². The van der Waals surface area contributed by atoms with Crippen molar-refractivity contribution in [2.24, 2.45) is 5.41 Å². The van der Waals surface area contributed by atoms with Crippen LogP contribution in [0.4, 0.5) is 0 Å². The van der Waals surface area contributed by atoms with E-state index in [9.17, 15) is 9.59 Å². The van der Waals surface area contributed by atoms with E-state index in [0.717, 1.165) is 9.13 Å². The minimum atomic E-state index is -0.621. The molecule has 1 aliphatic heterocycles. The number of carbonyl (C=O) groups is 2. The maximum Gasteiger partial charge on any atom is 0.233 e. The molecule has 1 aromatic rings. The fourth-order valence-corrected chi connectivity index (χ4v) is 2.56. The number of rotatable bonds is 2. The van der Waals surface area contributed by atoms with E-state index in [1.165, 1.54) is 0 Å². The Labute approximate surface area is 114 Å². The Balaban J connectivity index is 2.31. The summed E-state index contributed by atoms with van der Waals surface area (Å²) in [5, 5.41) is 2.39. The predicted molar refractivity (Wildman–Crippen MR) is 73.4 cm³/mol. The number of amides is 2. The summed E-state index contributed by atoms with van der Waals surface area (Å²) in [6, 6.07) is 8.08. The summed E-state index contributed by atoms with van der Waals surface area (Å²) in [6.45, 7) is 3.86. The molecule has 0 radical (unpaired) electrons. The quantitative estimate of drug-likeness (QED) is 0.662. The van der Waals surface area contributed by atoms with Crippen LogP contribution in [-0.2, 0) is 9.59 Å². The summed E-state index contributed by atoms with van der Waals surface area (Å²) < 4.78 is 1.16. The lowest BCUT2D eigenvalue weighted by Crippen LogP contribution is -2.33. The first-order valence-corrected chi connectivity index (χ1v) is 6.61. The molecule has 0 bridgehead atoms. The molecule has 1 aromatic carbocycles. The molecule has 0 aliphatic carbocycles. The summed E-state index contributed by atoms with van der Waals surface area (Å²) in [4.78, 5) is 23.2. The van der Waals surface area contributed by atoms with Gasteiger partial charge in [0, 0.05) is 9.99 Å². The van der Waals surface area contributed by atoms with E-state index in [2.05, 4.69) is 27.9 Å². The van der Waals surface area contributed by atoms with E-state index < -0.39 is 5.41 Å². The van der Waals surface area contributed by atoms with Crippen molar-refractivity contribution in [2.45, 2.75) is 26.2 Å². The molecule has 0 spiro atoms. The molecule has 3 nitrogen and oxygen atoms in total. The second-order valence-corrected chi connectivity index (χ2v) is 5.99. The molecule has 17 heavy (non-hydrogen) atoms. The Morgan fingerprint density at radius 1 is 1.29 bits per heavy atom. The summed E-state index contributed by atoms with van der Waals surface area (Å²) >= 11 is 2.25. The molecule has 2 rings (SSSR count). The van der Waals surface area contributed by atoms with Gasteiger partial charge >= 0.3 is 0 Å². The maximum atomic E-state index is 11.9. The highest BCUT2D eigenvalue weighted by molar-refractivity contribution is 14.1. The summed E-state index contributed by atoms with van der Waals surface area (Å²) in [7, 11) is 0. The number of hydrogen-bond acceptors (Lipinski definition) is 2. The van der Waals surface area contributed by atoms with Crippen LogP contribution in [0.3, 0.4) is 0 Å². The van der Waals surface area contributed by atoms with E-state index in [1.54, 1.807) is 0 Å². The zero-order valence-corrected chi connectivity index (χ0v) is 11.9. The zero-order valence-electron chi connectivity index (χ0n) is 9.79. The van der Waals surface area contributed by atoms with Crippen molar-refractivity contribution in [1.29, 1.82) is 0 Å². The van der Waals surface area contributed by atoms with Crippen LogP contribution in [0, 0.1) is 8.99 Å². The molecule has 2 atom stereocenters. The second-order valence-electron chi connectivity index (χ2n) is 4.74. The van der Waals surface area contributed by atoms with E-state index in [1.807, 2.05) is 38.1 Å². The number of nitrogens with one attached hydrogen (secondary N) is 1. The lowest BCUT2D eigenvalue weighted by molar-refractivity contribution is -0.128. The first kappa shape index (κ1) is 12.5. The molecule has 1 heterocycles. The van der Waals surface area contributed by atoms with Crippen molar-refractivity contribution in [3.8, 4) is 0 Å². The molecule has 1 N–H and O–H groups in total. The molecule has 1 saturated heterocycles. The molecule has 0 saturated carbocycles. The highest BCUT2D eigenvalue weighted by Crippen LogP contribution is 2.41. The first-order chi connectivity index (χ1) is 7.93. The van der Waals surface area contributed by atoms with Crippen LogP contribution in [0.2, 0.25) is 0 Å². The molecule has 90 valence electrons. The Bertz CT molecular complexity index is 469. The number of benzene rings is 1.